The molecule has 2 aromatic rings. The van der Waals surface area contributed by atoms with Crippen LogP contribution in [0.4, 0.5) is 11.4 Å². The molecule has 1 amide bonds. The SMILES string of the molecule is Nc1cc(NC(=O)c2cccc(O)c2O)ccc1Cl. The molecule has 0 heterocycles. The number of nitrogen functional groups attached to an aromatic ring is 1. The molecule has 6 heteroatoms. The second-order valence-electron chi connectivity index (χ2n) is 3.86. The molecule has 5 N–H and O–H groups in total. The number of carbonyl (C=O) groups is 1. The van der Waals surface area contributed by atoms with Crippen LogP contribution in [0, 0.1) is 0 Å². The van der Waals surface area contributed by atoms with E-state index in [4.69, 9.17) is 17.3 Å². The molecular formula is C13H11ClN2O3. The van der Waals surface area contributed by atoms with Crippen LogP contribution in [0.15, 0.2) is 36.4 Å². The molecule has 0 aromatic heterocycles. The molecule has 0 fully saturated rings. The van der Waals surface area contributed by atoms with E-state index in [0.29, 0.717) is 16.4 Å². The quantitative estimate of drug-likeness (QED) is 0.501. The van der Waals surface area contributed by atoms with E-state index in [-0.39, 0.29) is 11.3 Å². The van der Waals surface area contributed by atoms with Gasteiger partial charge in [0, 0.05) is 5.69 Å². The number of hydrogen-bond acceptors (Lipinski definition) is 4. The van der Waals surface area contributed by atoms with Crippen LogP contribution in [-0.4, -0.2) is 16.1 Å². The van der Waals surface area contributed by atoms with Gasteiger partial charge in [-0.1, -0.05) is 17.7 Å². The zero-order chi connectivity index (χ0) is 14.0. The monoisotopic (exact) mass is 278 g/mol. The van der Waals surface area contributed by atoms with Crippen molar-refractivity contribution in [1.82, 2.24) is 0 Å². The second-order valence-corrected chi connectivity index (χ2v) is 4.27. The lowest BCUT2D eigenvalue weighted by molar-refractivity contribution is 0.102. The number of phenols is 2. The highest BCUT2D eigenvalue weighted by Crippen LogP contribution is 2.29. The van der Waals surface area contributed by atoms with Crippen LogP contribution in [-0.2, 0) is 0 Å². The average Bonchev–Trinajstić information content (AvgIpc) is 2.37. The van der Waals surface area contributed by atoms with E-state index in [0.717, 1.165) is 0 Å². The Morgan fingerprint density at radius 3 is 2.63 bits per heavy atom. The van der Waals surface area contributed by atoms with Gasteiger partial charge in [-0.25, -0.2) is 0 Å². The van der Waals surface area contributed by atoms with Gasteiger partial charge in [0.1, 0.15) is 0 Å². The Morgan fingerprint density at radius 2 is 1.95 bits per heavy atom. The third-order valence-corrected chi connectivity index (χ3v) is 2.86. The summed E-state index contributed by atoms with van der Waals surface area (Å²) >= 11 is 5.77. The molecule has 0 spiro atoms. The largest absolute Gasteiger partial charge is 0.504 e. The zero-order valence-corrected chi connectivity index (χ0v) is 10.5. The number of nitrogens with one attached hydrogen (secondary N) is 1. The summed E-state index contributed by atoms with van der Waals surface area (Å²) in [5, 5.41) is 21.8. The molecule has 19 heavy (non-hydrogen) atoms. The number of hydrogen-bond donors (Lipinski definition) is 4. The summed E-state index contributed by atoms with van der Waals surface area (Å²) in [5.41, 5.74) is 6.36. The highest BCUT2D eigenvalue weighted by atomic mass is 35.5. The van der Waals surface area contributed by atoms with Gasteiger partial charge in [0.15, 0.2) is 11.5 Å². The number of rotatable bonds is 2. The number of nitrogens with two attached hydrogens (primary N) is 1. The smallest absolute Gasteiger partial charge is 0.259 e. The number of amides is 1. The molecule has 5 nitrogen and oxygen atoms in total. The average molecular weight is 279 g/mol. The van der Waals surface area contributed by atoms with Crippen molar-refractivity contribution >= 4 is 28.9 Å². The predicted molar refractivity (Wildman–Crippen MR) is 73.6 cm³/mol. The second kappa shape index (κ2) is 5.07. The van der Waals surface area contributed by atoms with Crippen LogP contribution in [0.2, 0.25) is 5.02 Å². The summed E-state index contributed by atoms with van der Waals surface area (Å²) in [7, 11) is 0. The van der Waals surface area contributed by atoms with E-state index in [1.54, 1.807) is 12.1 Å². The van der Waals surface area contributed by atoms with E-state index < -0.39 is 11.7 Å². The number of benzene rings is 2. The van der Waals surface area contributed by atoms with E-state index in [1.165, 1.54) is 24.3 Å². The first kappa shape index (κ1) is 13.0. The van der Waals surface area contributed by atoms with E-state index >= 15 is 0 Å². The number of phenolic OH excluding ortho intramolecular Hbond substituents is 2. The summed E-state index contributed by atoms with van der Waals surface area (Å²) in [6.45, 7) is 0. The molecule has 2 aromatic carbocycles. The van der Waals surface area contributed by atoms with Gasteiger partial charge in [-0.15, -0.1) is 0 Å². The minimum atomic E-state index is -0.560. The fourth-order valence-electron chi connectivity index (χ4n) is 1.53. The van der Waals surface area contributed by atoms with Gasteiger partial charge in [0.25, 0.3) is 5.91 Å². The van der Waals surface area contributed by atoms with E-state index in [2.05, 4.69) is 5.32 Å². The molecule has 0 saturated carbocycles. The van der Waals surface area contributed by atoms with Crippen LogP contribution in [0.3, 0.4) is 0 Å². The number of anilines is 2. The topological polar surface area (TPSA) is 95.6 Å². The van der Waals surface area contributed by atoms with Gasteiger partial charge in [-0.05, 0) is 30.3 Å². The Morgan fingerprint density at radius 1 is 1.21 bits per heavy atom. The van der Waals surface area contributed by atoms with Gasteiger partial charge in [0.2, 0.25) is 0 Å². The zero-order valence-electron chi connectivity index (χ0n) is 9.72. The Bertz CT molecular complexity index is 644. The van der Waals surface area contributed by atoms with Crippen LogP contribution in [0.25, 0.3) is 0 Å². The van der Waals surface area contributed by atoms with Crippen LogP contribution < -0.4 is 11.1 Å². The normalized spacial score (nSPS) is 10.2. The number of carbonyl (C=O) groups excluding carboxylic acids is 1. The predicted octanol–water partition coefficient (Wildman–Crippen LogP) is 2.59. The summed E-state index contributed by atoms with van der Waals surface area (Å²) in [6, 6.07) is 8.77. The first-order valence-electron chi connectivity index (χ1n) is 5.36. The van der Waals surface area contributed by atoms with Gasteiger partial charge < -0.3 is 21.3 Å². The van der Waals surface area contributed by atoms with Crippen molar-refractivity contribution in [2.45, 2.75) is 0 Å². The Hall–Kier alpha value is -2.40. The molecule has 0 radical (unpaired) electrons. The van der Waals surface area contributed by atoms with Gasteiger partial charge in [-0.2, -0.15) is 0 Å². The minimum Gasteiger partial charge on any atom is -0.504 e. The summed E-state index contributed by atoms with van der Waals surface area (Å²) in [6.07, 6.45) is 0. The Balaban J connectivity index is 2.26. The lowest BCUT2D eigenvalue weighted by Gasteiger charge is -2.08. The molecule has 0 atom stereocenters. The maximum absolute atomic E-state index is 11.9. The molecule has 98 valence electrons. The molecule has 0 aliphatic heterocycles. The highest BCUT2D eigenvalue weighted by molar-refractivity contribution is 6.33. The van der Waals surface area contributed by atoms with E-state index in [9.17, 15) is 15.0 Å². The van der Waals surface area contributed by atoms with Crippen LogP contribution in [0.5, 0.6) is 11.5 Å². The van der Waals surface area contributed by atoms with Crippen LogP contribution >= 0.6 is 11.6 Å². The molecule has 0 aliphatic rings. The Kier molecular flexibility index (Phi) is 3.48. The molecular weight excluding hydrogens is 268 g/mol. The minimum absolute atomic E-state index is 0.0338. The molecule has 2 rings (SSSR count). The van der Waals surface area contributed by atoms with Crippen molar-refractivity contribution in [2.75, 3.05) is 11.1 Å². The summed E-state index contributed by atoms with van der Waals surface area (Å²) in [4.78, 5) is 11.9. The number of para-hydroxylation sites is 1. The summed E-state index contributed by atoms with van der Waals surface area (Å²) < 4.78 is 0. The molecule has 0 saturated heterocycles. The summed E-state index contributed by atoms with van der Waals surface area (Å²) in [5.74, 6) is -1.39. The maximum atomic E-state index is 11.9. The van der Waals surface area contributed by atoms with Gasteiger partial charge >= 0.3 is 0 Å². The molecule has 0 aliphatic carbocycles. The van der Waals surface area contributed by atoms with Crippen molar-refractivity contribution < 1.29 is 15.0 Å². The fourth-order valence-corrected chi connectivity index (χ4v) is 1.65. The molecule has 0 unspecified atom stereocenters. The number of halogens is 1. The van der Waals surface area contributed by atoms with E-state index in [1.807, 2.05) is 0 Å². The third-order valence-electron chi connectivity index (χ3n) is 2.51. The van der Waals surface area contributed by atoms with Crippen molar-refractivity contribution in [2.24, 2.45) is 0 Å². The van der Waals surface area contributed by atoms with Crippen molar-refractivity contribution in [3.63, 3.8) is 0 Å². The Labute approximate surface area is 114 Å². The lowest BCUT2D eigenvalue weighted by atomic mass is 10.1. The van der Waals surface area contributed by atoms with Gasteiger partial charge in [0.05, 0.1) is 16.3 Å². The highest BCUT2D eigenvalue weighted by Gasteiger charge is 2.14. The van der Waals surface area contributed by atoms with Crippen LogP contribution in [0.1, 0.15) is 10.4 Å². The number of aromatic hydroxyl groups is 2. The van der Waals surface area contributed by atoms with Crippen molar-refractivity contribution in [1.29, 1.82) is 0 Å². The maximum Gasteiger partial charge on any atom is 0.259 e. The fraction of sp³-hybridized carbons (Fsp3) is 0. The standard InChI is InChI=1S/C13H11ClN2O3/c14-9-5-4-7(6-10(9)15)16-13(19)8-2-1-3-11(17)12(8)18/h1-6,17-18H,15H2,(H,16,19). The molecule has 0 bridgehead atoms. The first-order chi connectivity index (χ1) is 8.99. The van der Waals surface area contributed by atoms with Crippen molar-refractivity contribution in [3.05, 3.63) is 47.0 Å². The first-order valence-corrected chi connectivity index (χ1v) is 5.74. The van der Waals surface area contributed by atoms with Gasteiger partial charge in [-0.3, -0.25) is 4.79 Å². The van der Waals surface area contributed by atoms with Crippen molar-refractivity contribution in [3.8, 4) is 11.5 Å². The third kappa shape index (κ3) is 2.71. The lowest BCUT2D eigenvalue weighted by Crippen LogP contribution is -2.12.